The van der Waals surface area contributed by atoms with Crippen LogP contribution in [0.15, 0.2) is 36.0 Å². The zero-order valence-corrected chi connectivity index (χ0v) is 13.0. The van der Waals surface area contributed by atoms with Crippen molar-refractivity contribution in [1.82, 2.24) is 9.80 Å². The predicted octanol–water partition coefficient (Wildman–Crippen LogP) is 3.14. The number of carbonyl (C=O) groups excluding carboxylic acids is 1. The molecule has 1 unspecified atom stereocenters. The summed E-state index contributed by atoms with van der Waals surface area (Å²) >= 11 is 0. The number of halogens is 1. The number of allylic oxidation sites excluding steroid dienone is 1. The van der Waals surface area contributed by atoms with Crippen LogP contribution in [0, 0.1) is 11.7 Å². The van der Waals surface area contributed by atoms with Crippen LogP contribution in [-0.4, -0.2) is 43.4 Å². The van der Waals surface area contributed by atoms with Gasteiger partial charge in [0.15, 0.2) is 0 Å². The number of nitrogens with zero attached hydrogens (tertiary/aromatic N) is 2. The fraction of sp³-hybridized carbons (Fsp3) is 0.471. The fourth-order valence-electron chi connectivity index (χ4n) is 2.87. The van der Waals surface area contributed by atoms with Crippen molar-refractivity contribution in [3.8, 4) is 0 Å². The second-order valence-electron chi connectivity index (χ2n) is 5.89. The lowest BCUT2D eigenvalue weighted by Crippen LogP contribution is -2.35. The first kappa shape index (κ1) is 15.7. The summed E-state index contributed by atoms with van der Waals surface area (Å²) in [5.74, 6) is -0.0216. The molecular formula is C17H23FN2O. The molecule has 114 valence electrons. The molecule has 21 heavy (non-hydrogen) atoms. The Labute approximate surface area is 126 Å². The van der Waals surface area contributed by atoms with Gasteiger partial charge in [-0.15, -0.1) is 0 Å². The van der Waals surface area contributed by atoms with Crippen molar-refractivity contribution in [3.63, 3.8) is 0 Å². The molecule has 0 aromatic heterocycles. The molecule has 1 aromatic rings. The van der Waals surface area contributed by atoms with Crippen LogP contribution in [0.4, 0.5) is 4.39 Å². The lowest BCUT2D eigenvalue weighted by Gasteiger charge is -2.32. The van der Waals surface area contributed by atoms with E-state index in [1.807, 2.05) is 21.1 Å². The average Bonchev–Trinajstić information content (AvgIpc) is 2.46. The monoisotopic (exact) mass is 290 g/mol. The first-order valence-corrected chi connectivity index (χ1v) is 7.37. The van der Waals surface area contributed by atoms with E-state index in [0.717, 1.165) is 25.1 Å². The van der Waals surface area contributed by atoms with Crippen LogP contribution in [-0.2, 0) is 0 Å². The lowest BCUT2D eigenvalue weighted by molar-refractivity contribution is 0.0813. The molecule has 1 aromatic carbocycles. The van der Waals surface area contributed by atoms with Crippen molar-refractivity contribution < 1.29 is 9.18 Å². The topological polar surface area (TPSA) is 23.6 Å². The molecule has 0 N–H and O–H groups in total. The third-order valence-electron chi connectivity index (χ3n) is 3.90. The van der Waals surface area contributed by atoms with Gasteiger partial charge in [-0.25, -0.2) is 4.39 Å². The molecule has 2 rings (SSSR count). The maximum absolute atomic E-state index is 13.0. The van der Waals surface area contributed by atoms with Gasteiger partial charge in [0, 0.05) is 30.8 Å². The van der Waals surface area contributed by atoms with Gasteiger partial charge in [-0.05, 0) is 57.6 Å². The maximum Gasteiger partial charge on any atom is 0.257 e. The molecule has 0 saturated heterocycles. The summed E-state index contributed by atoms with van der Waals surface area (Å²) in [6.07, 6.45) is 5.45. The Hall–Kier alpha value is -1.68. The zero-order chi connectivity index (χ0) is 15.4. The quantitative estimate of drug-likeness (QED) is 0.850. The van der Waals surface area contributed by atoms with Crippen LogP contribution in [0.25, 0.3) is 0 Å². The van der Waals surface area contributed by atoms with Crippen LogP contribution in [0.2, 0.25) is 0 Å². The Kier molecular flexibility index (Phi) is 5.12. The minimum Gasteiger partial charge on any atom is -0.315 e. The van der Waals surface area contributed by atoms with Crippen LogP contribution in [0.3, 0.4) is 0 Å². The van der Waals surface area contributed by atoms with Crippen molar-refractivity contribution in [2.45, 2.75) is 19.3 Å². The van der Waals surface area contributed by atoms with E-state index in [1.165, 1.54) is 18.6 Å². The molecule has 0 fully saturated rings. The van der Waals surface area contributed by atoms with Crippen molar-refractivity contribution >= 4 is 5.91 Å². The molecule has 0 bridgehead atoms. The van der Waals surface area contributed by atoms with E-state index in [9.17, 15) is 9.18 Å². The van der Waals surface area contributed by atoms with Crippen LogP contribution in [0.1, 0.15) is 29.6 Å². The number of carbonyl (C=O) groups is 1. The number of amides is 1. The highest BCUT2D eigenvalue weighted by atomic mass is 19.1. The highest BCUT2D eigenvalue weighted by Gasteiger charge is 2.25. The fourth-order valence-corrected chi connectivity index (χ4v) is 2.87. The van der Waals surface area contributed by atoms with E-state index in [4.69, 9.17) is 0 Å². The predicted molar refractivity (Wildman–Crippen MR) is 82.5 cm³/mol. The Bertz CT molecular complexity index is 522. The van der Waals surface area contributed by atoms with Crippen molar-refractivity contribution in [2.75, 3.05) is 27.7 Å². The molecule has 0 saturated carbocycles. The van der Waals surface area contributed by atoms with Gasteiger partial charge in [-0.1, -0.05) is 6.08 Å². The van der Waals surface area contributed by atoms with Gasteiger partial charge >= 0.3 is 0 Å². The third-order valence-corrected chi connectivity index (χ3v) is 3.90. The molecule has 1 aliphatic rings. The highest BCUT2D eigenvalue weighted by Crippen LogP contribution is 2.28. The molecule has 1 amide bonds. The molecule has 0 radical (unpaired) electrons. The van der Waals surface area contributed by atoms with Gasteiger partial charge in [-0.2, -0.15) is 0 Å². The van der Waals surface area contributed by atoms with E-state index < -0.39 is 0 Å². The molecule has 1 atom stereocenters. The van der Waals surface area contributed by atoms with E-state index in [0.29, 0.717) is 11.5 Å². The molecular weight excluding hydrogens is 267 g/mol. The second-order valence-corrected chi connectivity index (χ2v) is 5.89. The maximum atomic E-state index is 13.0. The number of rotatable bonds is 4. The van der Waals surface area contributed by atoms with E-state index in [2.05, 4.69) is 11.0 Å². The molecule has 0 spiro atoms. The lowest BCUT2D eigenvalue weighted by atomic mass is 9.91. The highest BCUT2D eigenvalue weighted by molar-refractivity contribution is 5.95. The van der Waals surface area contributed by atoms with Gasteiger partial charge in [-0.3, -0.25) is 4.79 Å². The van der Waals surface area contributed by atoms with Gasteiger partial charge in [0.05, 0.1) is 0 Å². The van der Waals surface area contributed by atoms with Crippen molar-refractivity contribution in [1.29, 1.82) is 0 Å². The molecule has 1 aliphatic carbocycles. The first-order chi connectivity index (χ1) is 9.99. The van der Waals surface area contributed by atoms with Gasteiger partial charge in [0.1, 0.15) is 5.82 Å². The Balaban J connectivity index is 2.16. The van der Waals surface area contributed by atoms with Crippen LogP contribution in [0.5, 0.6) is 0 Å². The number of hydrogen-bond acceptors (Lipinski definition) is 2. The van der Waals surface area contributed by atoms with Crippen molar-refractivity contribution in [3.05, 3.63) is 47.4 Å². The Morgan fingerprint density at radius 2 is 1.90 bits per heavy atom. The van der Waals surface area contributed by atoms with Gasteiger partial charge in [0.2, 0.25) is 0 Å². The number of benzene rings is 1. The minimum atomic E-state index is -0.323. The molecule has 4 heteroatoms. The molecule has 3 nitrogen and oxygen atoms in total. The summed E-state index contributed by atoms with van der Waals surface area (Å²) < 4.78 is 13.0. The Morgan fingerprint density at radius 1 is 1.24 bits per heavy atom. The number of hydrogen-bond donors (Lipinski definition) is 0. The van der Waals surface area contributed by atoms with Gasteiger partial charge < -0.3 is 9.80 Å². The van der Waals surface area contributed by atoms with Crippen LogP contribution >= 0.6 is 0 Å². The van der Waals surface area contributed by atoms with Crippen LogP contribution < -0.4 is 0 Å². The Morgan fingerprint density at radius 3 is 2.52 bits per heavy atom. The van der Waals surface area contributed by atoms with E-state index in [-0.39, 0.29) is 11.7 Å². The first-order valence-electron chi connectivity index (χ1n) is 7.37. The molecule has 0 aliphatic heterocycles. The smallest absolute Gasteiger partial charge is 0.257 e. The molecule has 0 heterocycles. The zero-order valence-electron chi connectivity index (χ0n) is 13.0. The van der Waals surface area contributed by atoms with E-state index in [1.54, 1.807) is 17.0 Å². The summed E-state index contributed by atoms with van der Waals surface area (Å²) in [5, 5.41) is 0. The normalized spacial score (nSPS) is 18.5. The standard InChI is InChI=1S/C17H23FN2O/c1-19(2)12-14-6-4-5-7-16(14)20(3)17(21)13-8-10-15(18)11-9-13/h7-11,14H,4-6,12H2,1-3H3. The second kappa shape index (κ2) is 6.85. The average molecular weight is 290 g/mol. The van der Waals surface area contributed by atoms with Gasteiger partial charge in [0.25, 0.3) is 5.91 Å². The van der Waals surface area contributed by atoms with E-state index >= 15 is 0 Å². The summed E-state index contributed by atoms with van der Waals surface area (Å²) in [7, 11) is 5.91. The summed E-state index contributed by atoms with van der Waals surface area (Å²) in [4.78, 5) is 16.4. The third kappa shape index (κ3) is 3.91. The minimum absolute atomic E-state index is 0.0769. The van der Waals surface area contributed by atoms with Crippen molar-refractivity contribution in [2.24, 2.45) is 5.92 Å². The summed E-state index contributed by atoms with van der Waals surface area (Å²) in [5.41, 5.74) is 1.61. The largest absolute Gasteiger partial charge is 0.315 e. The summed E-state index contributed by atoms with van der Waals surface area (Å²) in [6, 6.07) is 5.73. The summed E-state index contributed by atoms with van der Waals surface area (Å²) in [6.45, 7) is 0.937. The SMILES string of the molecule is CN(C)CC1CCCC=C1N(C)C(=O)c1ccc(F)cc1.